The predicted molar refractivity (Wildman–Crippen MR) is 244 cm³/mol. The Morgan fingerprint density at radius 3 is 2.19 bits per heavy atom. The van der Waals surface area contributed by atoms with Gasteiger partial charge in [-0.1, -0.05) is 84.0 Å². The Kier molecular flexibility index (Phi) is 10.7. The van der Waals surface area contributed by atoms with Crippen LogP contribution in [0.2, 0.25) is 0 Å². The lowest BCUT2D eigenvalue weighted by molar-refractivity contribution is -0.138. The van der Waals surface area contributed by atoms with Gasteiger partial charge in [0.1, 0.15) is 11.5 Å². The minimum Gasteiger partial charge on any atom is -0.504 e. The van der Waals surface area contributed by atoms with E-state index in [0.29, 0.717) is 37.6 Å². The Labute approximate surface area is 373 Å². The zero-order chi connectivity index (χ0) is 43.4. The maximum atomic E-state index is 15.5. The molecule has 3 fully saturated rings. The Hall–Kier alpha value is -6.41. The first-order valence-electron chi connectivity index (χ1n) is 20.4. The predicted octanol–water partition coefficient (Wildman–Crippen LogP) is 8.69. The van der Waals surface area contributed by atoms with E-state index in [1.807, 2.05) is 139 Å². The number of ether oxygens (including phenoxy) is 3. The molecular weight excluding hydrogens is 897 g/mol. The molecule has 2 aliphatic heterocycles. The maximum Gasteiger partial charge on any atom is 0.260 e. The molecule has 2 aliphatic carbocycles. The second kappa shape index (κ2) is 16.1. The highest BCUT2D eigenvalue weighted by molar-refractivity contribution is 14.1. The number of halogens is 1. The number of carbonyl (C=O) groups is 4. The van der Waals surface area contributed by atoms with Gasteiger partial charge in [0.05, 0.1) is 59.4 Å². The third-order valence-electron chi connectivity index (χ3n) is 13.0. The first-order chi connectivity index (χ1) is 30.0. The molecule has 0 unspecified atom stereocenters. The van der Waals surface area contributed by atoms with Crippen molar-refractivity contribution in [2.45, 2.75) is 31.1 Å². The second-order valence-corrected chi connectivity index (χ2v) is 17.4. The largest absolute Gasteiger partial charge is 0.504 e. The fourth-order valence-corrected chi connectivity index (χ4v) is 10.8. The summed E-state index contributed by atoms with van der Waals surface area (Å²) < 4.78 is 17.1. The van der Waals surface area contributed by atoms with Crippen LogP contribution >= 0.6 is 22.6 Å². The molecule has 4 amide bonds. The number of benzene rings is 5. The zero-order valence-corrected chi connectivity index (χ0v) is 36.7. The van der Waals surface area contributed by atoms with Crippen LogP contribution in [0.1, 0.15) is 46.6 Å². The first-order valence-corrected chi connectivity index (χ1v) is 21.5. The molecule has 6 atom stereocenters. The highest BCUT2D eigenvalue weighted by Gasteiger charge is 2.70. The first kappa shape index (κ1) is 41.0. The quantitative estimate of drug-likeness (QED) is 0.0611. The molecule has 1 saturated carbocycles. The van der Waals surface area contributed by atoms with Crippen molar-refractivity contribution in [1.82, 2.24) is 5.01 Å². The summed E-state index contributed by atoms with van der Waals surface area (Å²) in [5.41, 5.74) is 7.51. The van der Waals surface area contributed by atoms with E-state index in [4.69, 9.17) is 14.2 Å². The third-order valence-corrected chi connectivity index (χ3v) is 13.9. The zero-order valence-electron chi connectivity index (χ0n) is 34.5. The summed E-state index contributed by atoms with van der Waals surface area (Å²) in [6.45, 7) is 1.96. The van der Waals surface area contributed by atoms with Gasteiger partial charge < -0.3 is 19.3 Å². The number of amides is 4. The van der Waals surface area contributed by atoms with Crippen molar-refractivity contribution in [3.63, 3.8) is 0 Å². The molecule has 12 heteroatoms. The van der Waals surface area contributed by atoms with Gasteiger partial charge in [0.2, 0.25) is 11.8 Å². The van der Waals surface area contributed by atoms with Crippen LogP contribution < -0.4 is 24.5 Å². The number of hydrazine groups is 1. The van der Waals surface area contributed by atoms with Crippen LogP contribution in [-0.2, 0) is 24.6 Å². The number of nitrogens with one attached hydrogen (secondary N) is 1. The summed E-state index contributed by atoms with van der Waals surface area (Å²) >= 11 is 2.04. The molecule has 0 spiro atoms. The number of fused-ring (bicyclic) bond motifs is 4. The van der Waals surface area contributed by atoms with Crippen LogP contribution in [0.15, 0.2) is 121 Å². The van der Waals surface area contributed by atoms with Crippen molar-refractivity contribution in [3.05, 3.63) is 152 Å². The Morgan fingerprint density at radius 2 is 1.50 bits per heavy atom. The maximum absolute atomic E-state index is 15.5. The SMILES string of the molecule is COc1ccc(OC)c(C=Cc2ccc(N3C(=O)[C@H]4[C@H](CC=C5[C@H]4C[C@H]4C(=O)N(Nc6ccc(C)cc6)C(=O)[C@@]4(c4ccccc4)[C@H]5c4cc(I)c(O)c(OC)c4)C3=O)cc2)c1. The van der Waals surface area contributed by atoms with Crippen molar-refractivity contribution in [3.8, 4) is 23.0 Å². The molecule has 62 heavy (non-hydrogen) atoms. The monoisotopic (exact) mass is 941 g/mol. The number of anilines is 2. The minimum absolute atomic E-state index is 0.0440. The molecule has 2 heterocycles. The van der Waals surface area contributed by atoms with Gasteiger partial charge in [0, 0.05) is 11.5 Å². The van der Waals surface area contributed by atoms with Crippen molar-refractivity contribution in [1.29, 1.82) is 0 Å². The molecule has 5 aromatic rings. The molecule has 9 rings (SSSR count). The molecule has 11 nitrogen and oxygen atoms in total. The number of rotatable bonds is 10. The molecule has 2 saturated heterocycles. The van der Waals surface area contributed by atoms with E-state index >= 15 is 9.59 Å². The van der Waals surface area contributed by atoms with Crippen molar-refractivity contribution in [2.24, 2.45) is 23.7 Å². The van der Waals surface area contributed by atoms with Gasteiger partial charge in [-0.3, -0.25) is 29.5 Å². The fraction of sp³-hybridized carbons (Fsp3) is 0.240. The number of carbonyl (C=O) groups excluding carboxylic acids is 4. The smallest absolute Gasteiger partial charge is 0.260 e. The summed E-state index contributed by atoms with van der Waals surface area (Å²) in [5, 5.41) is 12.2. The number of phenolic OH excluding ortho intramolecular Hbond substituents is 1. The van der Waals surface area contributed by atoms with Crippen LogP contribution in [0.3, 0.4) is 0 Å². The number of phenols is 1. The fourth-order valence-electron chi connectivity index (χ4n) is 10.2. The summed E-state index contributed by atoms with van der Waals surface area (Å²) in [7, 11) is 4.68. The summed E-state index contributed by atoms with van der Waals surface area (Å²) in [6.07, 6.45) is 6.28. The average Bonchev–Trinajstić information content (AvgIpc) is 3.67. The number of imide groups is 2. The summed E-state index contributed by atoms with van der Waals surface area (Å²) in [4.78, 5) is 61.2. The van der Waals surface area contributed by atoms with Gasteiger partial charge in [0.15, 0.2) is 11.5 Å². The van der Waals surface area contributed by atoms with Crippen LogP contribution in [-0.4, -0.2) is 55.1 Å². The lowest BCUT2D eigenvalue weighted by atomic mass is 9.49. The normalized spacial score (nSPS) is 24.1. The number of hydrogen-bond donors (Lipinski definition) is 2. The van der Waals surface area contributed by atoms with Gasteiger partial charge in [-0.25, -0.2) is 0 Å². The standard InChI is InChI=1S/C50H44IN3O8/c1-28-10-16-33(17-11-28)52-54-47(57)39-27-38-36(44(31-25-40(51)45(55)42(26-31)62-4)50(39,49(54)59)32-8-6-5-7-9-32)21-22-37-43(38)48(58)53(46(37)56)34-18-13-29(14-19-34)12-15-30-24-35(60-2)20-23-41(30)61-3/h5-21,23-26,37-39,43-44,52,55H,22,27H2,1-4H3/t37-,38+,39-,43-,44-,50+/m0/s1. The van der Waals surface area contributed by atoms with E-state index in [0.717, 1.165) is 27.3 Å². The molecule has 4 aliphatic rings. The molecule has 0 bridgehead atoms. The van der Waals surface area contributed by atoms with Crippen molar-refractivity contribution < 1.29 is 38.5 Å². The minimum atomic E-state index is -1.46. The van der Waals surface area contributed by atoms with Crippen LogP contribution in [0.4, 0.5) is 11.4 Å². The number of methoxy groups -OCH3 is 3. The Balaban J connectivity index is 1.12. The molecule has 5 aromatic carbocycles. The van der Waals surface area contributed by atoms with E-state index < -0.39 is 46.8 Å². The molecule has 0 radical (unpaired) electrons. The topological polar surface area (TPSA) is 135 Å². The van der Waals surface area contributed by atoms with E-state index in [1.54, 1.807) is 32.4 Å². The average molecular weight is 942 g/mol. The Bertz CT molecular complexity index is 2680. The molecular formula is C50H44IN3O8. The van der Waals surface area contributed by atoms with E-state index in [2.05, 4.69) is 5.43 Å². The second-order valence-electron chi connectivity index (χ2n) is 16.2. The van der Waals surface area contributed by atoms with Gasteiger partial charge >= 0.3 is 0 Å². The van der Waals surface area contributed by atoms with E-state index in [-0.39, 0.29) is 36.2 Å². The lowest BCUT2D eigenvalue weighted by Crippen LogP contribution is -2.53. The Morgan fingerprint density at radius 1 is 0.774 bits per heavy atom. The lowest BCUT2D eigenvalue weighted by Gasteiger charge is -2.50. The van der Waals surface area contributed by atoms with Crippen LogP contribution in [0.25, 0.3) is 12.2 Å². The number of hydrogen-bond acceptors (Lipinski definition) is 9. The number of aromatic hydroxyl groups is 1. The highest BCUT2D eigenvalue weighted by atomic mass is 127. The van der Waals surface area contributed by atoms with Crippen molar-refractivity contribution in [2.75, 3.05) is 31.7 Å². The van der Waals surface area contributed by atoms with E-state index in [9.17, 15) is 14.7 Å². The number of nitrogens with zero attached hydrogens (tertiary/aromatic N) is 2. The summed E-state index contributed by atoms with van der Waals surface area (Å²) in [5.74, 6) is -3.63. The van der Waals surface area contributed by atoms with Gasteiger partial charge in [-0.15, -0.1) is 0 Å². The molecule has 314 valence electrons. The van der Waals surface area contributed by atoms with Crippen LogP contribution in [0, 0.1) is 34.2 Å². The van der Waals surface area contributed by atoms with E-state index in [1.165, 1.54) is 12.0 Å². The van der Waals surface area contributed by atoms with Gasteiger partial charge in [0.25, 0.3) is 11.8 Å². The third kappa shape index (κ3) is 6.54. The van der Waals surface area contributed by atoms with Crippen LogP contribution in [0.5, 0.6) is 23.0 Å². The van der Waals surface area contributed by atoms with Gasteiger partial charge in [-0.2, -0.15) is 5.01 Å². The highest BCUT2D eigenvalue weighted by Crippen LogP contribution is 2.64. The van der Waals surface area contributed by atoms with Gasteiger partial charge in [-0.05, 0) is 120 Å². The number of allylic oxidation sites excluding steroid dienone is 2. The van der Waals surface area contributed by atoms with Crippen molar-refractivity contribution >= 4 is 69.7 Å². The molecule has 2 N–H and O–H groups in total. The summed E-state index contributed by atoms with van der Waals surface area (Å²) in [6, 6.07) is 33.1. The number of aryl methyl sites for hydroxylation is 1. The molecule has 0 aromatic heterocycles.